The molecular formula is C10H10F3NOS. The molecule has 0 aromatic heterocycles. The van der Waals surface area contributed by atoms with Crippen molar-refractivity contribution < 1.29 is 18.0 Å². The van der Waals surface area contributed by atoms with E-state index in [0.29, 0.717) is 0 Å². The van der Waals surface area contributed by atoms with Gasteiger partial charge in [0.25, 0.3) is 5.91 Å². The standard InChI is InChI=1S/C10H10F3NOS/c1-14(2)9(15)7-4-3-5-8(6-7)16-10(11,12)13/h3-6H,1-2H3. The van der Waals surface area contributed by atoms with Gasteiger partial charge in [-0.15, -0.1) is 0 Å². The largest absolute Gasteiger partial charge is 0.446 e. The van der Waals surface area contributed by atoms with Crippen LogP contribution in [0.3, 0.4) is 0 Å². The SMILES string of the molecule is CN(C)C(=O)c1cccc(SC(F)(F)F)c1. The topological polar surface area (TPSA) is 20.3 Å². The van der Waals surface area contributed by atoms with Gasteiger partial charge in [-0.2, -0.15) is 13.2 Å². The van der Waals surface area contributed by atoms with Crippen molar-refractivity contribution in [1.82, 2.24) is 4.90 Å². The van der Waals surface area contributed by atoms with Crippen molar-refractivity contribution in [3.8, 4) is 0 Å². The highest BCUT2D eigenvalue weighted by Crippen LogP contribution is 2.36. The maximum absolute atomic E-state index is 12.1. The summed E-state index contributed by atoms with van der Waals surface area (Å²) < 4.78 is 36.3. The Morgan fingerprint density at radius 1 is 1.31 bits per heavy atom. The van der Waals surface area contributed by atoms with Gasteiger partial charge in [-0.05, 0) is 30.0 Å². The monoisotopic (exact) mass is 249 g/mol. The lowest BCUT2D eigenvalue weighted by molar-refractivity contribution is -0.0328. The third-order valence-electron chi connectivity index (χ3n) is 1.72. The lowest BCUT2D eigenvalue weighted by Crippen LogP contribution is -2.21. The summed E-state index contributed by atoms with van der Waals surface area (Å²) in [5, 5.41) is 0. The van der Waals surface area contributed by atoms with Crippen LogP contribution in [-0.4, -0.2) is 30.4 Å². The summed E-state index contributed by atoms with van der Waals surface area (Å²) in [6.45, 7) is 0. The molecule has 0 atom stereocenters. The zero-order valence-electron chi connectivity index (χ0n) is 8.71. The van der Waals surface area contributed by atoms with Crippen molar-refractivity contribution in [3.05, 3.63) is 29.8 Å². The smallest absolute Gasteiger partial charge is 0.345 e. The highest BCUT2D eigenvalue weighted by atomic mass is 32.2. The molecule has 0 radical (unpaired) electrons. The van der Waals surface area contributed by atoms with E-state index < -0.39 is 5.51 Å². The second kappa shape index (κ2) is 4.78. The van der Waals surface area contributed by atoms with Crippen molar-refractivity contribution in [3.63, 3.8) is 0 Å². The molecule has 0 heterocycles. The maximum Gasteiger partial charge on any atom is 0.446 e. The van der Waals surface area contributed by atoms with E-state index in [9.17, 15) is 18.0 Å². The minimum absolute atomic E-state index is 0.0141. The van der Waals surface area contributed by atoms with Gasteiger partial charge in [-0.3, -0.25) is 4.79 Å². The number of hydrogen-bond acceptors (Lipinski definition) is 2. The Labute approximate surface area is 95.4 Å². The van der Waals surface area contributed by atoms with Crippen LogP contribution in [0.4, 0.5) is 13.2 Å². The van der Waals surface area contributed by atoms with E-state index in [1.54, 1.807) is 14.1 Å². The molecule has 0 aliphatic heterocycles. The van der Waals surface area contributed by atoms with Crippen LogP contribution in [-0.2, 0) is 0 Å². The number of thioether (sulfide) groups is 1. The Morgan fingerprint density at radius 3 is 2.44 bits per heavy atom. The molecule has 0 N–H and O–H groups in total. The van der Waals surface area contributed by atoms with Crippen molar-refractivity contribution >= 4 is 17.7 Å². The zero-order valence-corrected chi connectivity index (χ0v) is 9.52. The van der Waals surface area contributed by atoms with Crippen molar-refractivity contribution in [2.24, 2.45) is 0 Å². The number of amides is 1. The minimum Gasteiger partial charge on any atom is -0.345 e. The summed E-state index contributed by atoms with van der Waals surface area (Å²) in [5.74, 6) is -0.315. The predicted octanol–water partition coefficient (Wildman–Crippen LogP) is 3.00. The zero-order chi connectivity index (χ0) is 12.3. The van der Waals surface area contributed by atoms with Gasteiger partial charge in [0.15, 0.2) is 0 Å². The molecule has 0 saturated carbocycles. The molecule has 2 nitrogen and oxygen atoms in total. The molecule has 0 spiro atoms. The summed E-state index contributed by atoms with van der Waals surface area (Å²) in [6, 6.07) is 5.48. The quantitative estimate of drug-likeness (QED) is 0.751. The lowest BCUT2D eigenvalue weighted by Gasteiger charge is -2.11. The first-order valence-corrected chi connectivity index (χ1v) is 5.19. The van der Waals surface area contributed by atoms with Crippen molar-refractivity contribution in [2.75, 3.05) is 14.1 Å². The first kappa shape index (κ1) is 12.9. The second-order valence-corrected chi connectivity index (χ2v) is 4.41. The molecule has 0 aliphatic carbocycles. The first-order valence-electron chi connectivity index (χ1n) is 4.37. The molecule has 0 aliphatic rings. The molecule has 1 aromatic carbocycles. The van der Waals surface area contributed by atoms with Crippen LogP contribution >= 0.6 is 11.8 Å². The van der Waals surface area contributed by atoms with Gasteiger partial charge in [-0.1, -0.05) is 6.07 Å². The average molecular weight is 249 g/mol. The molecular weight excluding hydrogens is 239 g/mol. The molecule has 1 rings (SSSR count). The third-order valence-corrected chi connectivity index (χ3v) is 2.44. The van der Waals surface area contributed by atoms with Gasteiger partial charge in [0.05, 0.1) is 0 Å². The summed E-state index contributed by atoms with van der Waals surface area (Å²) in [4.78, 5) is 12.8. The van der Waals surface area contributed by atoms with Crippen LogP contribution in [0.25, 0.3) is 0 Å². The van der Waals surface area contributed by atoms with Gasteiger partial charge >= 0.3 is 5.51 Å². The van der Waals surface area contributed by atoms with E-state index in [4.69, 9.17) is 0 Å². The number of halogens is 3. The summed E-state index contributed by atoms with van der Waals surface area (Å²) in [6.07, 6.45) is 0. The summed E-state index contributed by atoms with van der Waals surface area (Å²) in [5.41, 5.74) is -4.08. The minimum atomic E-state index is -4.33. The molecule has 0 unspecified atom stereocenters. The van der Waals surface area contributed by atoms with Crippen LogP contribution in [0.15, 0.2) is 29.2 Å². The number of benzene rings is 1. The number of hydrogen-bond donors (Lipinski definition) is 0. The third kappa shape index (κ3) is 3.77. The number of alkyl halides is 3. The van der Waals surface area contributed by atoms with Crippen molar-refractivity contribution in [1.29, 1.82) is 0 Å². The van der Waals surface area contributed by atoms with E-state index in [0.717, 1.165) is 0 Å². The van der Waals surface area contributed by atoms with E-state index in [1.165, 1.54) is 29.2 Å². The fraction of sp³-hybridized carbons (Fsp3) is 0.300. The summed E-state index contributed by atoms with van der Waals surface area (Å²) >= 11 is -0.227. The number of carbonyl (C=O) groups excluding carboxylic acids is 1. The van der Waals surface area contributed by atoms with Gasteiger partial charge in [0, 0.05) is 24.6 Å². The van der Waals surface area contributed by atoms with Crippen LogP contribution in [0.2, 0.25) is 0 Å². The number of rotatable bonds is 2. The van der Waals surface area contributed by atoms with Gasteiger partial charge in [0.2, 0.25) is 0 Å². The Bertz CT molecular complexity index is 390. The van der Waals surface area contributed by atoms with Crippen molar-refractivity contribution in [2.45, 2.75) is 10.4 Å². The van der Waals surface area contributed by atoms with Crippen LogP contribution in [0.1, 0.15) is 10.4 Å². The van der Waals surface area contributed by atoms with E-state index in [-0.39, 0.29) is 28.1 Å². The van der Waals surface area contributed by atoms with Crippen LogP contribution < -0.4 is 0 Å². The van der Waals surface area contributed by atoms with Gasteiger partial charge in [-0.25, -0.2) is 0 Å². The predicted molar refractivity (Wildman–Crippen MR) is 56.4 cm³/mol. The molecule has 6 heteroatoms. The molecule has 1 amide bonds. The maximum atomic E-state index is 12.1. The Hall–Kier alpha value is -1.17. The van der Waals surface area contributed by atoms with E-state index in [1.807, 2.05) is 0 Å². The number of carbonyl (C=O) groups is 1. The second-order valence-electron chi connectivity index (χ2n) is 3.28. The highest BCUT2D eigenvalue weighted by Gasteiger charge is 2.29. The molecule has 16 heavy (non-hydrogen) atoms. The van der Waals surface area contributed by atoms with E-state index in [2.05, 4.69) is 0 Å². The Balaban J connectivity index is 2.91. The fourth-order valence-corrected chi connectivity index (χ4v) is 1.68. The van der Waals surface area contributed by atoms with Gasteiger partial charge < -0.3 is 4.90 Å². The van der Waals surface area contributed by atoms with Crippen LogP contribution in [0, 0.1) is 0 Å². The van der Waals surface area contributed by atoms with E-state index >= 15 is 0 Å². The average Bonchev–Trinajstić information content (AvgIpc) is 2.14. The van der Waals surface area contributed by atoms with Crippen LogP contribution in [0.5, 0.6) is 0 Å². The molecule has 88 valence electrons. The molecule has 0 bridgehead atoms. The molecule has 1 aromatic rings. The number of nitrogens with zero attached hydrogens (tertiary/aromatic N) is 1. The molecule has 0 fully saturated rings. The summed E-state index contributed by atoms with van der Waals surface area (Å²) in [7, 11) is 3.10. The van der Waals surface area contributed by atoms with Gasteiger partial charge in [0.1, 0.15) is 0 Å². The highest BCUT2D eigenvalue weighted by molar-refractivity contribution is 8.00. The fourth-order valence-electron chi connectivity index (χ4n) is 1.08. The normalized spacial score (nSPS) is 11.3. The Morgan fingerprint density at radius 2 is 1.94 bits per heavy atom. The lowest BCUT2D eigenvalue weighted by atomic mass is 10.2. The first-order chi connectivity index (χ1) is 7.29. The molecule has 0 saturated heterocycles. The Kier molecular flexibility index (Phi) is 3.85.